The summed E-state index contributed by atoms with van der Waals surface area (Å²) in [7, 11) is 1.77. The van der Waals surface area contributed by atoms with Crippen LogP contribution in [-0.4, -0.2) is 50.8 Å². The molecule has 0 atom stereocenters. The van der Waals surface area contributed by atoms with Gasteiger partial charge in [0.1, 0.15) is 0 Å². The highest BCUT2D eigenvalue weighted by Gasteiger charge is 2.24. The van der Waals surface area contributed by atoms with Crippen LogP contribution in [-0.2, 0) is 11.2 Å². The summed E-state index contributed by atoms with van der Waals surface area (Å²) >= 11 is 0. The van der Waals surface area contributed by atoms with Crippen molar-refractivity contribution in [3.63, 3.8) is 0 Å². The third kappa shape index (κ3) is 5.32. The van der Waals surface area contributed by atoms with Gasteiger partial charge in [0, 0.05) is 37.2 Å². The number of pyridine rings is 1. The van der Waals surface area contributed by atoms with Crippen molar-refractivity contribution in [1.29, 1.82) is 0 Å². The molecule has 2 saturated carbocycles. The number of nitrogens with one attached hydrogen (secondary N) is 2. The van der Waals surface area contributed by atoms with Crippen LogP contribution in [0.15, 0.2) is 36.8 Å². The van der Waals surface area contributed by atoms with E-state index in [1.807, 2.05) is 12.4 Å². The Morgan fingerprint density at radius 2 is 1.87 bits per heavy atom. The van der Waals surface area contributed by atoms with E-state index in [1.165, 1.54) is 32.1 Å². The predicted molar refractivity (Wildman–Crippen MR) is 148 cm³/mol. The molecule has 0 unspecified atom stereocenters. The van der Waals surface area contributed by atoms with Gasteiger partial charge in [-0.1, -0.05) is 25.3 Å². The second kappa shape index (κ2) is 11.2. The SMILES string of the molecule is CO[C@H]1CC[C@H](NC(=O)c2cnn3ccc(C4=CCCCc5nc(NC6CCCCC6)ncc54)cc23)CC1. The summed E-state index contributed by atoms with van der Waals surface area (Å²) in [6.45, 7) is 0. The molecule has 38 heavy (non-hydrogen) atoms. The molecule has 3 aliphatic carbocycles. The maximum Gasteiger partial charge on any atom is 0.255 e. The Balaban J connectivity index is 1.24. The van der Waals surface area contributed by atoms with E-state index >= 15 is 0 Å². The monoisotopic (exact) mass is 514 g/mol. The van der Waals surface area contributed by atoms with Crippen LogP contribution in [0.1, 0.15) is 97.8 Å². The number of hydrogen-bond donors (Lipinski definition) is 2. The van der Waals surface area contributed by atoms with Gasteiger partial charge >= 0.3 is 0 Å². The summed E-state index contributed by atoms with van der Waals surface area (Å²) in [5.41, 5.74) is 5.80. The first-order chi connectivity index (χ1) is 18.7. The maximum atomic E-state index is 13.2. The molecule has 3 aromatic heterocycles. The third-order valence-electron chi connectivity index (χ3n) is 8.48. The molecule has 3 aliphatic rings. The minimum atomic E-state index is -0.0602. The number of hydrogen-bond acceptors (Lipinski definition) is 6. The molecular weight excluding hydrogens is 476 g/mol. The van der Waals surface area contributed by atoms with Gasteiger partial charge in [-0.3, -0.25) is 4.79 Å². The average molecular weight is 515 g/mol. The Bertz CT molecular complexity index is 1320. The van der Waals surface area contributed by atoms with Gasteiger partial charge in [-0.05, 0) is 81.1 Å². The number of amides is 1. The Kier molecular flexibility index (Phi) is 7.40. The predicted octanol–water partition coefficient (Wildman–Crippen LogP) is 5.32. The van der Waals surface area contributed by atoms with Gasteiger partial charge in [-0.2, -0.15) is 5.10 Å². The normalized spacial score (nSPS) is 22.4. The van der Waals surface area contributed by atoms with Crippen molar-refractivity contribution >= 4 is 22.9 Å². The number of fused-ring (bicyclic) bond motifs is 2. The van der Waals surface area contributed by atoms with Crippen LogP contribution in [0.2, 0.25) is 0 Å². The zero-order valence-corrected chi connectivity index (χ0v) is 22.3. The van der Waals surface area contributed by atoms with Crippen molar-refractivity contribution in [1.82, 2.24) is 24.9 Å². The van der Waals surface area contributed by atoms with Crippen LogP contribution < -0.4 is 10.6 Å². The van der Waals surface area contributed by atoms with Crippen LogP contribution in [0.4, 0.5) is 5.95 Å². The first-order valence-electron chi connectivity index (χ1n) is 14.3. The van der Waals surface area contributed by atoms with Crippen molar-refractivity contribution in [2.24, 2.45) is 0 Å². The van der Waals surface area contributed by atoms with E-state index in [4.69, 9.17) is 14.7 Å². The topological polar surface area (TPSA) is 93.4 Å². The number of methoxy groups -OCH3 is 1. The lowest BCUT2D eigenvalue weighted by atomic mass is 9.93. The van der Waals surface area contributed by atoms with Crippen LogP contribution in [0, 0.1) is 0 Å². The number of anilines is 1. The molecule has 3 heterocycles. The summed E-state index contributed by atoms with van der Waals surface area (Å²) in [5, 5.41) is 11.3. The zero-order chi connectivity index (χ0) is 25.9. The molecule has 0 aliphatic heterocycles. The van der Waals surface area contributed by atoms with E-state index in [9.17, 15) is 4.79 Å². The molecule has 0 bridgehead atoms. The summed E-state index contributed by atoms with van der Waals surface area (Å²) in [5.74, 6) is 0.691. The lowest BCUT2D eigenvalue weighted by molar-refractivity contribution is 0.0599. The van der Waals surface area contributed by atoms with E-state index in [2.05, 4.69) is 33.9 Å². The molecule has 1 amide bonds. The Morgan fingerprint density at radius 1 is 1.03 bits per heavy atom. The fraction of sp³-hybridized carbons (Fsp3) is 0.533. The first-order valence-corrected chi connectivity index (χ1v) is 14.3. The summed E-state index contributed by atoms with van der Waals surface area (Å²) in [6, 6.07) is 4.81. The molecule has 2 fully saturated rings. The highest BCUT2D eigenvalue weighted by molar-refractivity contribution is 6.01. The lowest BCUT2D eigenvalue weighted by Crippen LogP contribution is -2.38. The highest BCUT2D eigenvalue weighted by Crippen LogP contribution is 2.32. The van der Waals surface area contributed by atoms with Gasteiger partial charge in [-0.25, -0.2) is 14.5 Å². The minimum absolute atomic E-state index is 0.0602. The van der Waals surface area contributed by atoms with Crippen LogP contribution in [0.3, 0.4) is 0 Å². The molecule has 3 aromatic rings. The molecule has 0 saturated heterocycles. The molecule has 8 nitrogen and oxygen atoms in total. The van der Waals surface area contributed by atoms with E-state index in [-0.39, 0.29) is 11.9 Å². The van der Waals surface area contributed by atoms with Crippen molar-refractivity contribution in [2.45, 2.75) is 95.2 Å². The van der Waals surface area contributed by atoms with Gasteiger partial charge in [0.05, 0.1) is 29.1 Å². The zero-order valence-electron chi connectivity index (χ0n) is 22.3. The summed E-state index contributed by atoms with van der Waals surface area (Å²) in [4.78, 5) is 22.9. The number of allylic oxidation sites excluding steroid dienone is 1. The lowest BCUT2D eigenvalue weighted by Gasteiger charge is -2.28. The number of carbonyl (C=O) groups excluding carboxylic acids is 1. The van der Waals surface area contributed by atoms with Gasteiger partial charge < -0.3 is 15.4 Å². The molecule has 6 rings (SSSR count). The smallest absolute Gasteiger partial charge is 0.255 e. The Hall–Kier alpha value is -3.26. The minimum Gasteiger partial charge on any atom is -0.381 e. The fourth-order valence-electron chi connectivity index (χ4n) is 6.26. The van der Waals surface area contributed by atoms with Crippen molar-refractivity contribution in [2.75, 3.05) is 12.4 Å². The van der Waals surface area contributed by atoms with Crippen LogP contribution in [0.25, 0.3) is 11.1 Å². The number of aromatic nitrogens is 4. The second-order valence-electron chi connectivity index (χ2n) is 11.0. The molecule has 0 radical (unpaired) electrons. The highest BCUT2D eigenvalue weighted by atomic mass is 16.5. The van der Waals surface area contributed by atoms with E-state index in [0.29, 0.717) is 17.7 Å². The number of carbonyl (C=O) groups is 1. The quantitative estimate of drug-likeness (QED) is 0.462. The third-order valence-corrected chi connectivity index (χ3v) is 8.48. The maximum absolute atomic E-state index is 13.2. The van der Waals surface area contributed by atoms with Crippen molar-refractivity contribution in [3.8, 4) is 0 Å². The molecule has 0 aromatic carbocycles. The van der Waals surface area contributed by atoms with Gasteiger partial charge in [-0.15, -0.1) is 0 Å². The van der Waals surface area contributed by atoms with Crippen molar-refractivity contribution < 1.29 is 9.53 Å². The number of ether oxygens (including phenoxy) is 1. The standard InChI is InChI=1S/C30H38N6O2/c1-38-23-13-11-22(12-14-23)33-29(37)26-19-32-36-16-15-20(17-28(26)36)24-9-5-6-10-27-25(24)18-31-30(35-27)34-21-7-3-2-4-8-21/h9,15-19,21-23H,2-8,10-14H2,1H3,(H,33,37)(H,31,34,35)/t22-,23-. The molecular formula is C30H38N6O2. The number of aryl methyl sites for hydroxylation is 1. The molecule has 0 spiro atoms. The Labute approximate surface area is 224 Å². The van der Waals surface area contributed by atoms with E-state index < -0.39 is 0 Å². The largest absolute Gasteiger partial charge is 0.381 e. The van der Waals surface area contributed by atoms with Gasteiger partial charge in [0.25, 0.3) is 5.91 Å². The number of nitrogens with zero attached hydrogens (tertiary/aromatic N) is 4. The van der Waals surface area contributed by atoms with Crippen molar-refractivity contribution in [3.05, 3.63) is 59.2 Å². The van der Waals surface area contributed by atoms with Gasteiger partial charge in [0.15, 0.2) is 0 Å². The molecule has 200 valence electrons. The van der Waals surface area contributed by atoms with Crippen LogP contribution in [0.5, 0.6) is 0 Å². The van der Waals surface area contributed by atoms with Crippen LogP contribution >= 0.6 is 0 Å². The second-order valence-corrected chi connectivity index (χ2v) is 11.0. The van der Waals surface area contributed by atoms with E-state index in [0.717, 1.165) is 78.8 Å². The summed E-state index contributed by atoms with van der Waals surface area (Å²) < 4.78 is 7.26. The number of rotatable bonds is 6. The molecule has 2 N–H and O–H groups in total. The average Bonchev–Trinajstić information content (AvgIpc) is 3.27. The fourth-order valence-corrected chi connectivity index (χ4v) is 6.26. The molecule has 8 heteroatoms. The van der Waals surface area contributed by atoms with Gasteiger partial charge in [0.2, 0.25) is 5.95 Å². The first kappa shape index (κ1) is 25.0. The Morgan fingerprint density at radius 3 is 2.68 bits per heavy atom. The van der Waals surface area contributed by atoms with E-state index in [1.54, 1.807) is 17.8 Å². The summed E-state index contributed by atoms with van der Waals surface area (Å²) in [6.07, 6.45) is 21.3.